The molecule has 2 heterocycles. The number of anilines is 2. The number of carbonyl (C=O) groups excluding carboxylic acids is 1. The molecule has 1 saturated heterocycles. The lowest BCUT2D eigenvalue weighted by Gasteiger charge is -2.36. The maximum atomic E-state index is 12.7. The highest BCUT2D eigenvalue weighted by molar-refractivity contribution is 6.42. The number of piperazine rings is 1. The van der Waals surface area contributed by atoms with Gasteiger partial charge in [0.05, 0.1) is 10.0 Å². The van der Waals surface area contributed by atoms with E-state index in [4.69, 9.17) is 28.2 Å². The summed E-state index contributed by atoms with van der Waals surface area (Å²) in [4.78, 5) is 26.1. The van der Waals surface area contributed by atoms with E-state index in [0.29, 0.717) is 41.9 Å². The predicted octanol–water partition coefficient (Wildman–Crippen LogP) is 5.35. The fraction of sp³-hybridized carbons (Fsp3) is 0.292. The number of nitrogens with one attached hydrogen (secondary N) is 1. The summed E-state index contributed by atoms with van der Waals surface area (Å²) in [6.45, 7) is 6.56. The van der Waals surface area contributed by atoms with Crippen LogP contribution in [-0.2, 0) is 6.42 Å². The second-order valence-electron chi connectivity index (χ2n) is 7.85. The second kappa shape index (κ2) is 9.76. The lowest BCUT2D eigenvalue weighted by Crippen LogP contribution is -2.50. The van der Waals surface area contributed by atoms with Crippen LogP contribution in [0.1, 0.15) is 22.6 Å². The number of hydrogen-bond donors (Lipinski definition) is 1. The molecule has 4 rings (SSSR count). The molecule has 6 nitrogen and oxygen atoms in total. The van der Waals surface area contributed by atoms with Crippen molar-refractivity contribution in [1.82, 2.24) is 14.9 Å². The third kappa shape index (κ3) is 5.14. The van der Waals surface area contributed by atoms with Crippen LogP contribution in [0.5, 0.6) is 0 Å². The van der Waals surface area contributed by atoms with Gasteiger partial charge in [0.2, 0.25) is 0 Å². The lowest BCUT2D eigenvalue weighted by atomic mass is 10.0. The summed E-state index contributed by atoms with van der Waals surface area (Å²) in [5.41, 5.74) is 3.98. The van der Waals surface area contributed by atoms with Crippen molar-refractivity contribution in [3.63, 3.8) is 0 Å². The van der Waals surface area contributed by atoms with Gasteiger partial charge in [0.25, 0.3) is 0 Å². The Morgan fingerprint density at radius 3 is 2.38 bits per heavy atom. The molecular formula is C24H25Cl2N5O. The van der Waals surface area contributed by atoms with E-state index in [2.05, 4.69) is 27.3 Å². The third-order valence-electron chi connectivity index (χ3n) is 5.56. The maximum absolute atomic E-state index is 12.7. The topological polar surface area (TPSA) is 61.4 Å². The Kier molecular flexibility index (Phi) is 6.82. The van der Waals surface area contributed by atoms with Crippen LogP contribution in [0.4, 0.5) is 16.3 Å². The second-order valence-corrected chi connectivity index (χ2v) is 8.67. The van der Waals surface area contributed by atoms with E-state index in [1.54, 1.807) is 23.1 Å². The number of aromatic nitrogens is 2. The van der Waals surface area contributed by atoms with Crippen LogP contribution in [0, 0.1) is 13.8 Å². The van der Waals surface area contributed by atoms with Crippen molar-refractivity contribution in [3.8, 4) is 0 Å². The van der Waals surface area contributed by atoms with E-state index in [0.717, 1.165) is 29.3 Å². The first-order valence-electron chi connectivity index (χ1n) is 10.5. The normalized spacial score (nSPS) is 13.9. The van der Waals surface area contributed by atoms with Gasteiger partial charge in [0.15, 0.2) is 0 Å². The molecule has 1 aromatic heterocycles. The molecule has 32 heavy (non-hydrogen) atoms. The molecule has 2 aromatic carbocycles. The van der Waals surface area contributed by atoms with E-state index >= 15 is 0 Å². The van der Waals surface area contributed by atoms with Crippen molar-refractivity contribution < 1.29 is 4.79 Å². The molecule has 1 aliphatic rings. The maximum Gasteiger partial charge on any atom is 0.321 e. The summed E-state index contributed by atoms with van der Waals surface area (Å²) in [7, 11) is 0. The first-order valence-corrected chi connectivity index (χ1v) is 11.3. The Hall–Kier alpha value is -2.83. The van der Waals surface area contributed by atoms with E-state index in [-0.39, 0.29) is 6.03 Å². The van der Waals surface area contributed by atoms with E-state index in [1.165, 1.54) is 5.56 Å². The standard InChI is InChI=1S/C24H25Cl2N5O/c1-16-20(14-18-6-4-3-5-7-18)23(28-17(2)27-16)30-10-12-31(13-11-30)24(32)29-19-8-9-21(25)22(26)15-19/h3-9,15H,10-14H2,1-2H3,(H,29,32). The fourth-order valence-electron chi connectivity index (χ4n) is 3.88. The Bertz CT molecular complexity index is 1110. The minimum Gasteiger partial charge on any atom is -0.353 e. The summed E-state index contributed by atoms with van der Waals surface area (Å²) < 4.78 is 0. The van der Waals surface area contributed by atoms with Crippen molar-refractivity contribution in [2.24, 2.45) is 0 Å². The predicted molar refractivity (Wildman–Crippen MR) is 130 cm³/mol. The quantitative estimate of drug-likeness (QED) is 0.559. The molecule has 0 atom stereocenters. The number of amides is 2. The highest BCUT2D eigenvalue weighted by Gasteiger charge is 2.25. The molecule has 1 fully saturated rings. The summed E-state index contributed by atoms with van der Waals surface area (Å²) >= 11 is 12.0. The number of benzene rings is 2. The Balaban J connectivity index is 1.45. The van der Waals surface area contributed by atoms with Gasteiger partial charge in [-0.25, -0.2) is 14.8 Å². The average Bonchev–Trinajstić information content (AvgIpc) is 2.79. The zero-order valence-corrected chi connectivity index (χ0v) is 19.6. The zero-order chi connectivity index (χ0) is 22.7. The van der Waals surface area contributed by atoms with Gasteiger partial charge in [-0.1, -0.05) is 53.5 Å². The monoisotopic (exact) mass is 469 g/mol. The number of aryl methyl sites for hydroxylation is 2. The van der Waals surface area contributed by atoms with Crippen LogP contribution in [0.3, 0.4) is 0 Å². The van der Waals surface area contributed by atoms with E-state index < -0.39 is 0 Å². The van der Waals surface area contributed by atoms with E-state index in [9.17, 15) is 4.79 Å². The van der Waals surface area contributed by atoms with Crippen molar-refractivity contribution >= 4 is 40.7 Å². The number of halogens is 2. The van der Waals surface area contributed by atoms with Gasteiger partial charge in [-0.2, -0.15) is 0 Å². The molecule has 1 aliphatic heterocycles. The molecule has 166 valence electrons. The largest absolute Gasteiger partial charge is 0.353 e. The zero-order valence-electron chi connectivity index (χ0n) is 18.1. The minimum atomic E-state index is -0.150. The van der Waals surface area contributed by atoms with E-state index in [1.807, 2.05) is 32.0 Å². The first kappa shape index (κ1) is 22.4. The van der Waals surface area contributed by atoms with Gasteiger partial charge >= 0.3 is 6.03 Å². The Morgan fingerprint density at radius 2 is 1.69 bits per heavy atom. The van der Waals surface area contributed by atoms with Crippen molar-refractivity contribution in [3.05, 3.63) is 81.2 Å². The van der Waals surface area contributed by atoms with Crippen LogP contribution in [0.25, 0.3) is 0 Å². The Morgan fingerprint density at radius 1 is 0.969 bits per heavy atom. The van der Waals surface area contributed by atoms with Crippen molar-refractivity contribution in [1.29, 1.82) is 0 Å². The van der Waals surface area contributed by atoms with Crippen LogP contribution in [0.2, 0.25) is 10.0 Å². The first-order chi connectivity index (χ1) is 15.4. The van der Waals surface area contributed by atoms with Gasteiger partial charge in [0, 0.05) is 49.5 Å². The average molecular weight is 470 g/mol. The van der Waals surface area contributed by atoms with Gasteiger partial charge in [-0.15, -0.1) is 0 Å². The minimum absolute atomic E-state index is 0.150. The number of rotatable bonds is 4. The van der Waals surface area contributed by atoms with Gasteiger partial charge in [-0.05, 0) is 37.6 Å². The highest BCUT2D eigenvalue weighted by Crippen LogP contribution is 2.27. The molecule has 0 spiro atoms. The molecule has 1 N–H and O–H groups in total. The summed E-state index contributed by atoms with van der Waals surface area (Å²) in [5, 5.41) is 3.77. The molecule has 0 aliphatic carbocycles. The Labute approximate surface area is 198 Å². The molecule has 0 radical (unpaired) electrons. The SMILES string of the molecule is Cc1nc(C)c(Cc2ccccc2)c(N2CCN(C(=O)Nc3ccc(Cl)c(Cl)c3)CC2)n1. The molecular weight excluding hydrogens is 445 g/mol. The number of carbonyl (C=O) groups is 1. The highest BCUT2D eigenvalue weighted by atomic mass is 35.5. The fourth-order valence-corrected chi connectivity index (χ4v) is 4.18. The molecule has 8 heteroatoms. The van der Waals surface area contributed by atoms with Crippen LogP contribution in [-0.4, -0.2) is 47.1 Å². The molecule has 0 unspecified atom stereocenters. The number of hydrogen-bond acceptors (Lipinski definition) is 4. The molecule has 2 amide bonds. The molecule has 0 bridgehead atoms. The van der Waals surface area contributed by atoms with Gasteiger partial charge < -0.3 is 15.1 Å². The van der Waals surface area contributed by atoms with Crippen molar-refractivity contribution in [2.45, 2.75) is 20.3 Å². The summed E-state index contributed by atoms with van der Waals surface area (Å²) in [6, 6.07) is 15.3. The summed E-state index contributed by atoms with van der Waals surface area (Å²) in [6.07, 6.45) is 0.778. The third-order valence-corrected chi connectivity index (χ3v) is 6.30. The van der Waals surface area contributed by atoms with Gasteiger partial charge in [-0.3, -0.25) is 0 Å². The van der Waals surface area contributed by atoms with Crippen molar-refractivity contribution in [2.75, 3.05) is 36.4 Å². The van der Waals surface area contributed by atoms with Crippen LogP contribution >= 0.6 is 23.2 Å². The van der Waals surface area contributed by atoms with Crippen LogP contribution < -0.4 is 10.2 Å². The smallest absolute Gasteiger partial charge is 0.321 e. The van der Waals surface area contributed by atoms with Crippen LogP contribution in [0.15, 0.2) is 48.5 Å². The summed E-state index contributed by atoms with van der Waals surface area (Å²) in [5.74, 6) is 1.72. The number of urea groups is 1. The molecule has 3 aromatic rings. The lowest BCUT2D eigenvalue weighted by molar-refractivity contribution is 0.208. The van der Waals surface area contributed by atoms with Gasteiger partial charge in [0.1, 0.15) is 11.6 Å². The molecule has 0 saturated carbocycles. The number of nitrogens with zero attached hydrogens (tertiary/aromatic N) is 4.